The Hall–Kier alpha value is -2.96. The fourth-order valence-electron chi connectivity index (χ4n) is 2.00. The number of aromatic nitrogens is 4. The quantitative estimate of drug-likeness (QED) is 0.329. The van der Waals surface area contributed by atoms with Gasteiger partial charge in [0.25, 0.3) is 5.91 Å². The Bertz CT molecular complexity index is 1010. The number of carbonyl (C=O) groups excluding carboxylic acids is 1. The molecule has 1 amide bonds. The third kappa shape index (κ3) is 4.24. The molecule has 10 nitrogen and oxygen atoms in total. The monoisotopic (exact) mass is 411 g/mol. The van der Waals surface area contributed by atoms with Crippen molar-refractivity contribution >= 4 is 40.6 Å². The number of benzene rings is 1. The lowest BCUT2D eigenvalue weighted by molar-refractivity contribution is 0.0953. The number of hydrogen-bond donors (Lipinski definition) is 3. The molecular formula is C14H11ClFN7O3S. The number of carbonyl (C=O) groups is 1. The first-order valence-corrected chi connectivity index (χ1v) is 8.47. The van der Waals surface area contributed by atoms with Gasteiger partial charge in [0.15, 0.2) is 11.5 Å². The topological polar surface area (TPSA) is 138 Å². The molecule has 0 bridgehead atoms. The molecule has 2 heterocycles. The molecule has 0 saturated carbocycles. The van der Waals surface area contributed by atoms with Crippen molar-refractivity contribution < 1.29 is 19.0 Å². The van der Waals surface area contributed by atoms with Gasteiger partial charge in [0.05, 0.1) is 22.9 Å². The van der Waals surface area contributed by atoms with E-state index in [-0.39, 0.29) is 34.5 Å². The minimum Gasteiger partial charge on any atom is -0.345 e. The molecule has 1 aromatic carbocycles. The van der Waals surface area contributed by atoms with Gasteiger partial charge in [-0.15, -0.1) is 5.10 Å². The molecule has 13 heteroatoms. The van der Waals surface area contributed by atoms with Crippen molar-refractivity contribution in [3.63, 3.8) is 0 Å². The van der Waals surface area contributed by atoms with Crippen LogP contribution in [0.1, 0.15) is 26.8 Å². The summed E-state index contributed by atoms with van der Waals surface area (Å²) in [5.74, 6) is -1.12. The number of amidine groups is 1. The molecule has 140 valence electrons. The number of hydroxylamine groups is 1. The van der Waals surface area contributed by atoms with Crippen LogP contribution < -0.4 is 10.8 Å². The van der Waals surface area contributed by atoms with E-state index >= 15 is 0 Å². The van der Waals surface area contributed by atoms with Crippen LogP contribution >= 0.6 is 23.1 Å². The molecule has 0 saturated heterocycles. The van der Waals surface area contributed by atoms with E-state index in [1.165, 1.54) is 12.1 Å². The number of aliphatic imine (C=N–C) groups is 1. The van der Waals surface area contributed by atoms with E-state index in [0.29, 0.717) is 10.6 Å². The van der Waals surface area contributed by atoms with Gasteiger partial charge < -0.3 is 5.32 Å². The Morgan fingerprint density at radius 3 is 2.93 bits per heavy atom. The van der Waals surface area contributed by atoms with Crippen LogP contribution in [-0.2, 0) is 6.54 Å². The van der Waals surface area contributed by atoms with Crippen LogP contribution in [0.3, 0.4) is 0 Å². The summed E-state index contributed by atoms with van der Waals surface area (Å²) in [7, 11) is 0. The summed E-state index contributed by atoms with van der Waals surface area (Å²) in [6.45, 7) is 1.61. The molecule has 27 heavy (non-hydrogen) atoms. The van der Waals surface area contributed by atoms with Crippen LogP contribution in [0.5, 0.6) is 0 Å². The first-order chi connectivity index (χ1) is 13.0. The predicted octanol–water partition coefficient (Wildman–Crippen LogP) is 2.01. The third-order valence-corrected chi connectivity index (χ3v) is 4.42. The summed E-state index contributed by atoms with van der Waals surface area (Å²) < 4.78 is 21.6. The molecule has 0 spiro atoms. The van der Waals surface area contributed by atoms with E-state index in [1.54, 1.807) is 6.92 Å². The SMILES string of the molecule is Cc1nnsc1C(=O)NCc1nonc1C(=Nc1ccc(F)c(Cl)c1)NO. The zero-order valence-corrected chi connectivity index (χ0v) is 15.2. The van der Waals surface area contributed by atoms with Gasteiger partial charge in [0.2, 0.25) is 0 Å². The van der Waals surface area contributed by atoms with Gasteiger partial charge in [-0.3, -0.25) is 15.5 Å². The molecule has 3 rings (SSSR count). The van der Waals surface area contributed by atoms with Crippen molar-refractivity contribution in [3.8, 4) is 0 Å². The Kier molecular flexibility index (Phi) is 5.69. The zero-order chi connectivity index (χ0) is 19.4. The number of hydrogen-bond acceptors (Lipinski definition) is 9. The molecule has 3 aromatic rings. The second-order valence-electron chi connectivity index (χ2n) is 5.10. The van der Waals surface area contributed by atoms with E-state index in [1.807, 2.05) is 5.48 Å². The van der Waals surface area contributed by atoms with Gasteiger partial charge in [-0.05, 0) is 41.8 Å². The van der Waals surface area contributed by atoms with Crippen LogP contribution in [0, 0.1) is 12.7 Å². The van der Waals surface area contributed by atoms with Crippen molar-refractivity contribution in [1.82, 2.24) is 30.7 Å². The van der Waals surface area contributed by atoms with Gasteiger partial charge >= 0.3 is 0 Å². The summed E-state index contributed by atoms with van der Waals surface area (Å²) >= 11 is 6.67. The lowest BCUT2D eigenvalue weighted by Gasteiger charge is -2.05. The van der Waals surface area contributed by atoms with Crippen LogP contribution in [0.15, 0.2) is 27.8 Å². The molecule has 0 atom stereocenters. The summed E-state index contributed by atoms with van der Waals surface area (Å²) in [5, 5.41) is 23.0. The summed E-state index contributed by atoms with van der Waals surface area (Å²) in [6, 6.07) is 3.75. The number of nitrogens with zero attached hydrogens (tertiary/aromatic N) is 5. The smallest absolute Gasteiger partial charge is 0.265 e. The molecule has 2 aromatic heterocycles. The average molecular weight is 412 g/mol. The molecule has 0 unspecified atom stereocenters. The summed E-state index contributed by atoms with van der Waals surface area (Å²) in [4.78, 5) is 16.6. The Morgan fingerprint density at radius 2 is 2.26 bits per heavy atom. The fraction of sp³-hybridized carbons (Fsp3) is 0.143. The van der Waals surface area contributed by atoms with Gasteiger partial charge in [-0.2, -0.15) is 0 Å². The maximum atomic E-state index is 13.2. The van der Waals surface area contributed by atoms with E-state index in [9.17, 15) is 14.4 Å². The minimum absolute atomic E-state index is 0.0531. The van der Waals surface area contributed by atoms with E-state index in [0.717, 1.165) is 17.6 Å². The maximum Gasteiger partial charge on any atom is 0.265 e. The number of rotatable bonds is 5. The molecule has 0 fully saturated rings. The largest absolute Gasteiger partial charge is 0.345 e. The maximum absolute atomic E-state index is 13.2. The standard InChI is InChI=1S/C14H11ClFN7O3S/c1-6-12(27-23-19-6)14(24)17-5-10-11(22-26-21-10)13(20-25)18-7-2-3-9(16)8(15)4-7/h2-4,25H,5H2,1H3,(H,17,24)(H,18,20). The summed E-state index contributed by atoms with van der Waals surface area (Å²) in [6.07, 6.45) is 0. The first-order valence-electron chi connectivity index (χ1n) is 7.32. The molecule has 0 aliphatic rings. The van der Waals surface area contributed by atoms with Crippen LogP contribution in [0.2, 0.25) is 5.02 Å². The molecule has 3 N–H and O–H groups in total. The third-order valence-electron chi connectivity index (χ3n) is 3.30. The second-order valence-corrected chi connectivity index (χ2v) is 6.26. The van der Waals surface area contributed by atoms with Crippen molar-refractivity contribution in [2.45, 2.75) is 13.5 Å². The van der Waals surface area contributed by atoms with Crippen LogP contribution in [0.25, 0.3) is 0 Å². The fourth-order valence-corrected chi connectivity index (χ4v) is 2.75. The highest BCUT2D eigenvalue weighted by Gasteiger charge is 2.19. The van der Waals surface area contributed by atoms with Crippen LogP contribution in [0.4, 0.5) is 10.1 Å². The first kappa shape index (κ1) is 18.8. The Morgan fingerprint density at radius 1 is 1.44 bits per heavy atom. The van der Waals surface area contributed by atoms with Gasteiger partial charge in [0.1, 0.15) is 16.4 Å². The lowest BCUT2D eigenvalue weighted by Crippen LogP contribution is -2.26. The number of halogens is 2. The molecular weight excluding hydrogens is 401 g/mol. The highest BCUT2D eigenvalue weighted by Crippen LogP contribution is 2.22. The van der Waals surface area contributed by atoms with Crippen molar-refractivity contribution in [1.29, 1.82) is 0 Å². The number of nitrogens with one attached hydrogen (secondary N) is 2. The average Bonchev–Trinajstić information content (AvgIpc) is 3.29. The van der Waals surface area contributed by atoms with Gasteiger partial charge in [-0.25, -0.2) is 14.0 Å². The molecule has 0 aliphatic carbocycles. The van der Waals surface area contributed by atoms with Gasteiger partial charge in [-0.1, -0.05) is 21.2 Å². The molecule has 0 aliphatic heterocycles. The lowest BCUT2D eigenvalue weighted by atomic mass is 10.2. The van der Waals surface area contributed by atoms with E-state index in [4.69, 9.17) is 11.6 Å². The zero-order valence-electron chi connectivity index (χ0n) is 13.6. The minimum atomic E-state index is -0.603. The number of aryl methyl sites for hydroxylation is 1. The van der Waals surface area contributed by atoms with Gasteiger partial charge in [0, 0.05) is 0 Å². The van der Waals surface area contributed by atoms with Crippen molar-refractivity contribution in [3.05, 3.63) is 51.0 Å². The van der Waals surface area contributed by atoms with Crippen molar-refractivity contribution in [2.75, 3.05) is 0 Å². The highest BCUT2D eigenvalue weighted by atomic mass is 35.5. The number of amides is 1. The Balaban J connectivity index is 1.79. The molecule has 0 radical (unpaired) electrons. The normalized spacial score (nSPS) is 11.5. The van der Waals surface area contributed by atoms with E-state index < -0.39 is 11.7 Å². The predicted molar refractivity (Wildman–Crippen MR) is 92.6 cm³/mol. The van der Waals surface area contributed by atoms with E-state index in [2.05, 4.69) is 34.8 Å². The summed E-state index contributed by atoms with van der Waals surface area (Å²) in [5.41, 5.74) is 2.88. The Labute approximate surface area is 160 Å². The highest BCUT2D eigenvalue weighted by molar-refractivity contribution is 7.07. The van der Waals surface area contributed by atoms with Crippen molar-refractivity contribution in [2.24, 2.45) is 4.99 Å². The van der Waals surface area contributed by atoms with Crippen LogP contribution in [-0.4, -0.2) is 36.9 Å². The second kappa shape index (κ2) is 8.16.